The average molecular weight is 327 g/mol. The van der Waals surface area contributed by atoms with E-state index in [4.69, 9.17) is 4.74 Å². The molecule has 0 spiro atoms. The molecule has 0 aliphatic rings. The van der Waals surface area contributed by atoms with Gasteiger partial charge in [-0.1, -0.05) is 0 Å². The largest absolute Gasteiger partial charge is 0.469 e. The summed E-state index contributed by atoms with van der Waals surface area (Å²) in [7, 11) is 2.68. The van der Waals surface area contributed by atoms with Gasteiger partial charge >= 0.3 is 11.9 Å². The van der Waals surface area contributed by atoms with Gasteiger partial charge in [0.15, 0.2) is 0 Å². The molecule has 0 radical (unpaired) electrons. The molecule has 0 amide bonds. The molecule has 1 heterocycles. The third-order valence-corrected chi connectivity index (χ3v) is 4.15. The molecule has 8 heteroatoms. The van der Waals surface area contributed by atoms with Crippen LogP contribution < -0.4 is 5.32 Å². The van der Waals surface area contributed by atoms with Crippen LogP contribution in [0.1, 0.15) is 19.3 Å². The minimum absolute atomic E-state index is 0.208. The van der Waals surface area contributed by atoms with Crippen LogP contribution in [0.5, 0.6) is 0 Å². The van der Waals surface area contributed by atoms with Crippen LogP contribution in [0, 0.1) is 0 Å². The Morgan fingerprint density at radius 2 is 2.00 bits per heavy atom. The van der Waals surface area contributed by atoms with Crippen molar-refractivity contribution in [3.63, 3.8) is 0 Å². The van der Waals surface area contributed by atoms with Gasteiger partial charge in [0.2, 0.25) is 5.95 Å². The first-order chi connectivity index (χ1) is 10.7. The standard InChI is InChI=1S/C14H21N3O4S/c1-20-12(18)6-5-11(13(19)21-2)22-10-4-9-17-14-15-7-3-8-16-14/h3,7-8,11H,4-6,9-10H2,1-2H3,(H,15,16,17). The van der Waals surface area contributed by atoms with Crippen LogP contribution in [0.3, 0.4) is 0 Å². The summed E-state index contributed by atoms with van der Waals surface area (Å²) in [5, 5.41) is 2.75. The van der Waals surface area contributed by atoms with Gasteiger partial charge in [-0.3, -0.25) is 9.59 Å². The Morgan fingerprint density at radius 3 is 2.64 bits per heavy atom. The predicted octanol–water partition coefficient (Wildman–Crippen LogP) is 1.51. The SMILES string of the molecule is COC(=O)CCC(SCCCNc1ncccn1)C(=O)OC. The summed E-state index contributed by atoms with van der Waals surface area (Å²) in [5.41, 5.74) is 0. The summed E-state index contributed by atoms with van der Waals surface area (Å²) in [6.07, 6.45) is 4.81. The average Bonchev–Trinajstić information content (AvgIpc) is 2.57. The van der Waals surface area contributed by atoms with Gasteiger partial charge in [-0.15, -0.1) is 11.8 Å². The Morgan fingerprint density at radius 1 is 1.27 bits per heavy atom. The van der Waals surface area contributed by atoms with Crippen molar-refractivity contribution in [2.75, 3.05) is 31.8 Å². The van der Waals surface area contributed by atoms with Crippen LogP contribution in [0.15, 0.2) is 18.5 Å². The highest BCUT2D eigenvalue weighted by Gasteiger charge is 2.20. The number of thioether (sulfide) groups is 1. The minimum atomic E-state index is -0.350. The van der Waals surface area contributed by atoms with Crippen LogP contribution in [-0.4, -0.2) is 53.7 Å². The number of aromatic nitrogens is 2. The molecule has 1 unspecified atom stereocenters. The van der Waals surface area contributed by atoms with Crippen molar-refractivity contribution in [2.45, 2.75) is 24.5 Å². The first-order valence-corrected chi connectivity index (χ1v) is 7.99. The number of anilines is 1. The van der Waals surface area contributed by atoms with Crippen LogP contribution in [0.4, 0.5) is 5.95 Å². The van der Waals surface area contributed by atoms with Crippen molar-refractivity contribution in [1.29, 1.82) is 0 Å². The van der Waals surface area contributed by atoms with Crippen molar-refractivity contribution in [3.05, 3.63) is 18.5 Å². The smallest absolute Gasteiger partial charge is 0.318 e. The lowest BCUT2D eigenvalue weighted by molar-refractivity contribution is -0.142. The number of rotatable bonds is 10. The molecule has 122 valence electrons. The number of hydrogen-bond donors (Lipinski definition) is 1. The van der Waals surface area contributed by atoms with Gasteiger partial charge < -0.3 is 14.8 Å². The summed E-state index contributed by atoms with van der Waals surface area (Å²) >= 11 is 1.48. The number of carbonyl (C=O) groups is 2. The summed E-state index contributed by atoms with van der Waals surface area (Å²) < 4.78 is 9.34. The van der Waals surface area contributed by atoms with E-state index in [9.17, 15) is 9.59 Å². The zero-order valence-corrected chi connectivity index (χ0v) is 13.6. The van der Waals surface area contributed by atoms with E-state index in [1.165, 1.54) is 26.0 Å². The number of carbonyl (C=O) groups excluding carboxylic acids is 2. The number of esters is 2. The molecule has 0 aliphatic carbocycles. The number of nitrogens with zero attached hydrogens (tertiary/aromatic N) is 2. The van der Waals surface area contributed by atoms with Crippen molar-refractivity contribution >= 4 is 29.6 Å². The maximum atomic E-state index is 11.7. The van der Waals surface area contributed by atoms with Gasteiger partial charge in [0, 0.05) is 25.4 Å². The zero-order chi connectivity index (χ0) is 16.2. The molecular weight excluding hydrogens is 306 g/mol. The Balaban J connectivity index is 2.25. The third kappa shape index (κ3) is 7.26. The monoisotopic (exact) mass is 327 g/mol. The van der Waals surface area contributed by atoms with Crippen LogP contribution in [0.25, 0.3) is 0 Å². The fraction of sp³-hybridized carbons (Fsp3) is 0.571. The van der Waals surface area contributed by atoms with E-state index >= 15 is 0 Å². The van der Waals surface area contributed by atoms with Crippen molar-refractivity contribution in [3.8, 4) is 0 Å². The molecule has 1 aromatic rings. The van der Waals surface area contributed by atoms with Crippen LogP contribution in [0.2, 0.25) is 0 Å². The molecule has 0 saturated heterocycles. The molecule has 1 aromatic heterocycles. The molecule has 0 aliphatic heterocycles. The first-order valence-electron chi connectivity index (χ1n) is 6.94. The summed E-state index contributed by atoms with van der Waals surface area (Å²) in [4.78, 5) is 30.9. The molecular formula is C14H21N3O4S. The fourth-order valence-corrected chi connectivity index (χ4v) is 2.75. The van der Waals surface area contributed by atoms with Gasteiger partial charge in [-0.25, -0.2) is 9.97 Å². The Kier molecular flexibility index (Phi) is 8.97. The van der Waals surface area contributed by atoms with Crippen LogP contribution in [-0.2, 0) is 19.1 Å². The van der Waals surface area contributed by atoms with Crippen molar-refractivity contribution in [2.24, 2.45) is 0 Å². The summed E-state index contributed by atoms with van der Waals surface area (Å²) in [6.45, 7) is 0.710. The molecule has 1 atom stereocenters. The van der Waals surface area contributed by atoms with Crippen LogP contribution >= 0.6 is 11.8 Å². The molecule has 0 bridgehead atoms. The number of ether oxygens (including phenoxy) is 2. The van der Waals surface area contributed by atoms with Gasteiger partial charge in [0.25, 0.3) is 0 Å². The Bertz CT molecular complexity index is 459. The predicted molar refractivity (Wildman–Crippen MR) is 84.7 cm³/mol. The van der Waals surface area contributed by atoms with Crippen molar-refractivity contribution in [1.82, 2.24) is 9.97 Å². The fourth-order valence-electron chi connectivity index (χ4n) is 1.64. The Labute approximate surface area is 134 Å². The van der Waals surface area contributed by atoms with Gasteiger partial charge in [0.1, 0.15) is 5.25 Å². The highest BCUT2D eigenvalue weighted by atomic mass is 32.2. The lowest BCUT2D eigenvalue weighted by Crippen LogP contribution is -2.21. The maximum Gasteiger partial charge on any atom is 0.318 e. The van der Waals surface area contributed by atoms with E-state index in [0.29, 0.717) is 18.9 Å². The summed E-state index contributed by atoms with van der Waals surface area (Å²) in [5.74, 6) is 0.717. The zero-order valence-electron chi connectivity index (χ0n) is 12.8. The number of nitrogens with one attached hydrogen (secondary N) is 1. The van der Waals surface area contributed by atoms with E-state index in [2.05, 4.69) is 20.0 Å². The Hall–Kier alpha value is -1.83. The second kappa shape index (κ2) is 10.8. The second-order valence-corrected chi connectivity index (χ2v) is 5.66. The van der Waals surface area contributed by atoms with Gasteiger partial charge in [0.05, 0.1) is 14.2 Å². The highest BCUT2D eigenvalue weighted by Crippen LogP contribution is 2.19. The molecule has 0 saturated carbocycles. The van der Waals surface area contributed by atoms with Crippen molar-refractivity contribution < 1.29 is 19.1 Å². The third-order valence-electron chi connectivity index (χ3n) is 2.79. The molecule has 7 nitrogen and oxygen atoms in total. The topological polar surface area (TPSA) is 90.4 Å². The number of hydrogen-bond acceptors (Lipinski definition) is 8. The maximum absolute atomic E-state index is 11.7. The summed E-state index contributed by atoms with van der Waals surface area (Å²) in [6, 6.07) is 1.75. The van der Waals surface area contributed by atoms with Gasteiger partial charge in [-0.2, -0.15) is 0 Å². The van der Waals surface area contributed by atoms with E-state index in [1.807, 2.05) is 0 Å². The molecule has 0 fully saturated rings. The quantitative estimate of drug-likeness (QED) is 0.511. The highest BCUT2D eigenvalue weighted by molar-refractivity contribution is 8.00. The molecule has 1 rings (SSSR count). The van der Waals surface area contributed by atoms with E-state index in [1.54, 1.807) is 18.5 Å². The van der Waals surface area contributed by atoms with E-state index < -0.39 is 0 Å². The molecule has 22 heavy (non-hydrogen) atoms. The lowest BCUT2D eigenvalue weighted by Gasteiger charge is -2.13. The number of methoxy groups -OCH3 is 2. The normalized spacial score (nSPS) is 11.5. The minimum Gasteiger partial charge on any atom is -0.469 e. The molecule has 1 N–H and O–H groups in total. The van der Waals surface area contributed by atoms with E-state index in [0.717, 1.165) is 12.2 Å². The first kappa shape index (κ1) is 18.2. The lowest BCUT2D eigenvalue weighted by atomic mass is 10.2. The second-order valence-electron chi connectivity index (χ2n) is 4.35. The van der Waals surface area contributed by atoms with Gasteiger partial charge in [-0.05, 0) is 24.7 Å². The molecule has 0 aromatic carbocycles. The van der Waals surface area contributed by atoms with E-state index in [-0.39, 0.29) is 23.6 Å².